The first-order chi connectivity index (χ1) is 15.5. The quantitative estimate of drug-likeness (QED) is 0.506. The zero-order chi connectivity index (χ0) is 22.2. The lowest BCUT2D eigenvalue weighted by Crippen LogP contribution is -2.46. The fraction of sp³-hybridized carbons (Fsp3) is 0.273. The standard InChI is InChI=1S/C22H22F2N8/c1-13-9-14(25)12-31(11-13)19-7-8-26-10-18(19)27-22-29-28-20-6-5-17(30-32(20)22)21-15(23)3-2-4-16(21)24/h2-8,10,13-14H,9,11-12,25H2,1H3,(H,27,29)/t13-,14+/m0/s1. The van der Waals surface area contributed by atoms with E-state index in [4.69, 9.17) is 5.73 Å². The Bertz CT molecular complexity index is 1240. The molecular weight excluding hydrogens is 414 g/mol. The number of nitrogens with one attached hydrogen (secondary N) is 1. The van der Waals surface area contributed by atoms with Crippen molar-refractivity contribution in [3.8, 4) is 11.3 Å². The second-order valence-corrected chi connectivity index (χ2v) is 8.13. The number of benzene rings is 1. The van der Waals surface area contributed by atoms with Gasteiger partial charge in [-0.15, -0.1) is 10.2 Å². The van der Waals surface area contributed by atoms with Gasteiger partial charge in [-0.3, -0.25) is 4.98 Å². The van der Waals surface area contributed by atoms with Crippen LogP contribution in [0.25, 0.3) is 16.9 Å². The maximum absolute atomic E-state index is 14.3. The van der Waals surface area contributed by atoms with Gasteiger partial charge in [0.15, 0.2) is 5.65 Å². The minimum absolute atomic E-state index is 0.0913. The summed E-state index contributed by atoms with van der Waals surface area (Å²) in [6.45, 7) is 3.79. The number of anilines is 3. The molecule has 0 saturated carbocycles. The Morgan fingerprint density at radius 1 is 1.06 bits per heavy atom. The number of fused-ring (bicyclic) bond motifs is 1. The van der Waals surface area contributed by atoms with Crippen molar-refractivity contribution in [2.24, 2.45) is 11.7 Å². The molecule has 5 rings (SSSR count). The third-order valence-corrected chi connectivity index (χ3v) is 5.56. The Morgan fingerprint density at radius 2 is 1.88 bits per heavy atom. The van der Waals surface area contributed by atoms with Crippen LogP contribution in [0.1, 0.15) is 13.3 Å². The van der Waals surface area contributed by atoms with Gasteiger partial charge in [-0.05, 0) is 42.7 Å². The Labute approximate surface area is 183 Å². The second-order valence-electron chi connectivity index (χ2n) is 8.13. The van der Waals surface area contributed by atoms with Gasteiger partial charge in [0, 0.05) is 25.3 Å². The molecule has 2 atom stereocenters. The summed E-state index contributed by atoms with van der Waals surface area (Å²) in [5.41, 5.74) is 8.26. The summed E-state index contributed by atoms with van der Waals surface area (Å²) in [6.07, 6.45) is 4.41. The Balaban J connectivity index is 1.52. The average molecular weight is 436 g/mol. The van der Waals surface area contributed by atoms with E-state index in [9.17, 15) is 8.78 Å². The van der Waals surface area contributed by atoms with Crippen LogP contribution in [-0.4, -0.2) is 43.9 Å². The average Bonchev–Trinajstić information content (AvgIpc) is 3.15. The molecule has 1 saturated heterocycles. The van der Waals surface area contributed by atoms with E-state index in [1.54, 1.807) is 18.5 Å². The predicted octanol–water partition coefficient (Wildman–Crippen LogP) is 3.38. The molecule has 0 radical (unpaired) electrons. The van der Waals surface area contributed by atoms with Gasteiger partial charge in [0.2, 0.25) is 0 Å². The summed E-state index contributed by atoms with van der Waals surface area (Å²) < 4.78 is 30.0. The molecule has 0 spiro atoms. The fourth-order valence-electron chi connectivity index (χ4n) is 4.22. The third kappa shape index (κ3) is 3.73. The number of nitrogens with zero attached hydrogens (tertiary/aromatic N) is 6. The third-order valence-electron chi connectivity index (χ3n) is 5.56. The van der Waals surface area contributed by atoms with Gasteiger partial charge in [0.05, 0.1) is 28.8 Å². The lowest BCUT2D eigenvalue weighted by molar-refractivity contribution is 0.402. The molecule has 0 unspecified atom stereocenters. The molecule has 164 valence electrons. The highest BCUT2D eigenvalue weighted by atomic mass is 19.1. The van der Waals surface area contributed by atoms with Gasteiger partial charge < -0.3 is 16.0 Å². The summed E-state index contributed by atoms with van der Waals surface area (Å²) in [4.78, 5) is 6.45. The highest BCUT2D eigenvalue weighted by Gasteiger charge is 2.24. The largest absolute Gasteiger partial charge is 0.368 e. The first kappa shape index (κ1) is 20.3. The van der Waals surface area contributed by atoms with Gasteiger partial charge in [-0.2, -0.15) is 9.61 Å². The van der Waals surface area contributed by atoms with E-state index in [-0.39, 0.29) is 17.3 Å². The van der Waals surface area contributed by atoms with Crippen LogP contribution in [0, 0.1) is 17.6 Å². The van der Waals surface area contributed by atoms with E-state index in [1.807, 2.05) is 6.07 Å². The summed E-state index contributed by atoms with van der Waals surface area (Å²) >= 11 is 0. The van der Waals surface area contributed by atoms with Crippen molar-refractivity contribution in [2.75, 3.05) is 23.3 Å². The van der Waals surface area contributed by atoms with Crippen molar-refractivity contribution < 1.29 is 8.78 Å². The van der Waals surface area contributed by atoms with Crippen LogP contribution in [0.15, 0.2) is 48.8 Å². The van der Waals surface area contributed by atoms with Crippen molar-refractivity contribution in [1.29, 1.82) is 0 Å². The van der Waals surface area contributed by atoms with Crippen LogP contribution in [0.2, 0.25) is 0 Å². The SMILES string of the molecule is C[C@H]1C[C@@H](N)CN(c2ccncc2Nc2nnc3ccc(-c4c(F)cccc4F)nn23)C1. The second kappa shape index (κ2) is 8.12. The molecule has 32 heavy (non-hydrogen) atoms. The van der Waals surface area contributed by atoms with Crippen LogP contribution >= 0.6 is 0 Å². The fourth-order valence-corrected chi connectivity index (χ4v) is 4.22. The Kier molecular flexibility index (Phi) is 5.14. The molecule has 1 fully saturated rings. The predicted molar refractivity (Wildman–Crippen MR) is 118 cm³/mol. The Morgan fingerprint density at radius 3 is 2.66 bits per heavy atom. The van der Waals surface area contributed by atoms with Crippen molar-refractivity contribution in [3.63, 3.8) is 0 Å². The maximum Gasteiger partial charge on any atom is 0.250 e. The molecule has 8 nitrogen and oxygen atoms in total. The maximum atomic E-state index is 14.3. The minimum Gasteiger partial charge on any atom is -0.368 e. The molecule has 0 aliphatic carbocycles. The first-order valence-corrected chi connectivity index (χ1v) is 10.4. The molecule has 3 aromatic heterocycles. The van der Waals surface area contributed by atoms with Crippen molar-refractivity contribution >= 4 is 23.0 Å². The van der Waals surface area contributed by atoms with Crippen LogP contribution < -0.4 is 16.0 Å². The highest BCUT2D eigenvalue weighted by molar-refractivity contribution is 5.73. The number of nitrogens with two attached hydrogens (primary N) is 1. The van der Waals surface area contributed by atoms with Gasteiger partial charge >= 0.3 is 0 Å². The topological polar surface area (TPSA) is 97.3 Å². The van der Waals surface area contributed by atoms with Crippen LogP contribution in [0.5, 0.6) is 0 Å². The zero-order valence-electron chi connectivity index (χ0n) is 17.4. The monoisotopic (exact) mass is 436 g/mol. The number of hydrogen-bond acceptors (Lipinski definition) is 7. The van der Waals surface area contributed by atoms with Crippen molar-refractivity contribution in [3.05, 3.63) is 60.4 Å². The van der Waals surface area contributed by atoms with E-state index in [2.05, 4.69) is 37.4 Å². The smallest absolute Gasteiger partial charge is 0.250 e. The van der Waals surface area contributed by atoms with Gasteiger partial charge in [-0.1, -0.05) is 13.0 Å². The molecule has 1 aliphatic heterocycles. The van der Waals surface area contributed by atoms with Gasteiger partial charge in [0.1, 0.15) is 11.6 Å². The van der Waals surface area contributed by atoms with Crippen LogP contribution in [0.4, 0.5) is 26.1 Å². The summed E-state index contributed by atoms with van der Waals surface area (Å²) in [7, 11) is 0. The van der Waals surface area contributed by atoms with Crippen molar-refractivity contribution in [1.82, 2.24) is 24.8 Å². The molecule has 10 heteroatoms. The summed E-state index contributed by atoms with van der Waals surface area (Å²) in [6, 6.07) is 8.85. The molecular formula is C22H22F2N8. The van der Waals surface area contributed by atoms with E-state index >= 15 is 0 Å². The summed E-state index contributed by atoms with van der Waals surface area (Å²) in [5, 5.41) is 15.9. The van der Waals surface area contributed by atoms with Crippen LogP contribution in [0.3, 0.4) is 0 Å². The van der Waals surface area contributed by atoms with E-state index < -0.39 is 11.6 Å². The van der Waals surface area contributed by atoms with Crippen LogP contribution in [-0.2, 0) is 0 Å². The van der Waals surface area contributed by atoms with Gasteiger partial charge in [0.25, 0.3) is 5.95 Å². The summed E-state index contributed by atoms with van der Waals surface area (Å²) in [5.74, 6) is -0.607. The zero-order valence-corrected chi connectivity index (χ0v) is 17.4. The lowest BCUT2D eigenvalue weighted by atomic mass is 9.96. The molecule has 1 aromatic carbocycles. The molecule has 0 amide bonds. The number of aromatic nitrogens is 5. The van der Waals surface area contributed by atoms with E-state index in [0.29, 0.717) is 23.2 Å². The number of pyridine rings is 1. The van der Waals surface area contributed by atoms with Crippen molar-refractivity contribution in [2.45, 2.75) is 19.4 Å². The highest BCUT2D eigenvalue weighted by Crippen LogP contribution is 2.31. The molecule has 1 aliphatic rings. The van der Waals surface area contributed by atoms with Gasteiger partial charge in [-0.25, -0.2) is 8.78 Å². The first-order valence-electron chi connectivity index (χ1n) is 10.4. The molecule has 3 N–H and O–H groups in total. The minimum atomic E-state index is -0.690. The normalized spacial score (nSPS) is 18.8. The lowest BCUT2D eigenvalue weighted by Gasteiger charge is -2.37. The molecule has 4 heterocycles. The number of halogens is 2. The number of rotatable bonds is 4. The van der Waals surface area contributed by atoms with E-state index in [1.165, 1.54) is 28.8 Å². The molecule has 0 bridgehead atoms. The number of piperidine rings is 1. The number of hydrogen-bond donors (Lipinski definition) is 2. The van der Waals surface area contributed by atoms with E-state index in [0.717, 1.165) is 25.2 Å². The Hall–Kier alpha value is -3.66. The molecule has 4 aromatic rings.